The number of nitrogens with one attached hydrogen (secondary N) is 1. The molecular weight excluding hydrogens is 472 g/mol. The first-order valence-corrected chi connectivity index (χ1v) is 12.6. The van der Waals surface area contributed by atoms with Gasteiger partial charge in [0.05, 0.1) is 4.91 Å². The maximum absolute atomic E-state index is 12.9. The summed E-state index contributed by atoms with van der Waals surface area (Å²) >= 11 is 6.82. The fourth-order valence-corrected chi connectivity index (χ4v) is 5.25. The molecule has 0 radical (unpaired) electrons. The van der Waals surface area contributed by atoms with E-state index < -0.39 is 0 Å². The van der Waals surface area contributed by atoms with Gasteiger partial charge in [-0.3, -0.25) is 9.69 Å². The van der Waals surface area contributed by atoms with Gasteiger partial charge in [0.15, 0.2) is 23.0 Å². The van der Waals surface area contributed by atoms with Crippen LogP contribution in [0.15, 0.2) is 41.3 Å². The smallest absolute Gasteiger partial charge is 0.266 e. The van der Waals surface area contributed by atoms with Gasteiger partial charge >= 0.3 is 0 Å². The molecule has 0 aromatic heterocycles. The molecule has 0 saturated carbocycles. The zero-order valence-electron chi connectivity index (χ0n) is 18.7. The zero-order chi connectivity index (χ0) is 23.3. The molecule has 2 aromatic carbocycles. The topological polar surface area (TPSA) is 69.3 Å². The monoisotopic (exact) mass is 498 g/mol. The lowest BCUT2D eigenvalue weighted by atomic mass is 10.1. The molecule has 1 amide bonds. The molecule has 9 heteroatoms. The Bertz CT molecular complexity index is 1120. The van der Waals surface area contributed by atoms with Gasteiger partial charge in [0.25, 0.3) is 5.91 Å². The number of unbranched alkanes of at least 4 members (excludes halogenated alkanes) is 1. The van der Waals surface area contributed by atoms with Gasteiger partial charge < -0.3 is 24.3 Å². The third-order valence-electron chi connectivity index (χ3n) is 5.66. The number of carbonyl (C=O) groups is 1. The third kappa shape index (κ3) is 5.32. The zero-order valence-corrected chi connectivity index (χ0v) is 20.3. The van der Waals surface area contributed by atoms with Crippen LogP contribution in [0.25, 0.3) is 6.08 Å². The average molecular weight is 499 g/mol. The summed E-state index contributed by atoms with van der Waals surface area (Å²) in [6.07, 6.45) is 3.69. The van der Waals surface area contributed by atoms with Gasteiger partial charge in [-0.15, -0.1) is 0 Å². The molecule has 1 fully saturated rings. The highest BCUT2D eigenvalue weighted by molar-refractivity contribution is 8.26. The van der Waals surface area contributed by atoms with Crippen LogP contribution in [0.4, 0.5) is 0 Å². The molecule has 1 N–H and O–H groups in total. The van der Waals surface area contributed by atoms with E-state index in [1.54, 1.807) is 4.90 Å². The van der Waals surface area contributed by atoms with E-state index in [2.05, 4.69) is 11.4 Å². The van der Waals surface area contributed by atoms with Crippen LogP contribution in [-0.4, -0.2) is 54.6 Å². The first-order valence-electron chi connectivity index (χ1n) is 11.4. The van der Waals surface area contributed by atoms with Crippen LogP contribution in [0.1, 0.15) is 24.0 Å². The standard InChI is InChI=1S/C25H26N2O5S2/c28-24-23(15-17-3-5-19-21(13-17)31-11-9-29-19)34-25(33)27(24)8-2-1-7-26-16-18-4-6-20-22(14-18)32-12-10-30-20/h3-6,13-15,26H,1-2,7-12,16H2/b23-15-. The number of amides is 1. The van der Waals surface area contributed by atoms with Crippen LogP contribution in [0.3, 0.4) is 0 Å². The summed E-state index contributed by atoms with van der Waals surface area (Å²) in [5.74, 6) is 3.03. The van der Waals surface area contributed by atoms with Crippen LogP contribution in [0, 0.1) is 0 Å². The van der Waals surface area contributed by atoms with E-state index in [0.717, 1.165) is 54.3 Å². The highest BCUT2D eigenvalue weighted by atomic mass is 32.2. The lowest BCUT2D eigenvalue weighted by Gasteiger charge is -2.19. The Labute approximate surface area is 208 Å². The van der Waals surface area contributed by atoms with Crippen molar-refractivity contribution in [2.75, 3.05) is 39.5 Å². The van der Waals surface area contributed by atoms with Crippen LogP contribution in [0.2, 0.25) is 0 Å². The predicted molar refractivity (Wildman–Crippen MR) is 136 cm³/mol. The average Bonchev–Trinajstić information content (AvgIpc) is 3.13. The number of benzene rings is 2. The molecule has 3 aliphatic rings. The van der Waals surface area contributed by atoms with Crippen molar-refractivity contribution in [3.63, 3.8) is 0 Å². The number of ether oxygens (including phenoxy) is 4. The van der Waals surface area contributed by atoms with Gasteiger partial charge in [-0.1, -0.05) is 36.1 Å². The van der Waals surface area contributed by atoms with Crippen molar-refractivity contribution < 1.29 is 23.7 Å². The SMILES string of the molecule is O=C1/C(=C/c2ccc3c(c2)OCCO3)SC(=S)N1CCCCNCc1ccc2c(c1)OCCO2. The van der Waals surface area contributed by atoms with Gasteiger partial charge in [-0.05, 0) is 60.9 Å². The van der Waals surface area contributed by atoms with Crippen LogP contribution in [-0.2, 0) is 11.3 Å². The summed E-state index contributed by atoms with van der Waals surface area (Å²) in [5.41, 5.74) is 2.05. The molecule has 0 spiro atoms. The summed E-state index contributed by atoms with van der Waals surface area (Å²) in [4.78, 5) is 15.2. The van der Waals surface area contributed by atoms with Gasteiger partial charge in [0.2, 0.25) is 0 Å². The van der Waals surface area contributed by atoms with Crippen molar-refractivity contribution in [3.8, 4) is 23.0 Å². The van der Waals surface area contributed by atoms with E-state index in [1.165, 1.54) is 11.8 Å². The first-order chi connectivity index (χ1) is 16.7. The molecule has 3 aliphatic heterocycles. The molecule has 34 heavy (non-hydrogen) atoms. The Kier molecular flexibility index (Phi) is 7.22. The van der Waals surface area contributed by atoms with Crippen molar-refractivity contribution >= 4 is 40.3 Å². The molecule has 0 atom stereocenters. The Hall–Kier alpha value is -2.75. The summed E-state index contributed by atoms with van der Waals surface area (Å²) in [6.45, 7) is 4.51. The van der Waals surface area contributed by atoms with Crippen molar-refractivity contribution in [1.82, 2.24) is 10.2 Å². The summed E-state index contributed by atoms with van der Waals surface area (Å²) in [6, 6.07) is 11.7. The van der Waals surface area contributed by atoms with E-state index in [9.17, 15) is 4.79 Å². The van der Waals surface area contributed by atoms with E-state index in [0.29, 0.717) is 47.9 Å². The number of hydrogen-bond acceptors (Lipinski definition) is 8. The summed E-state index contributed by atoms with van der Waals surface area (Å²) in [5, 5.41) is 3.45. The minimum atomic E-state index is -0.0332. The molecule has 0 bridgehead atoms. The fraction of sp³-hybridized carbons (Fsp3) is 0.360. The lowest BCUT2D eigenvalue weighted by Crippen LogP contribution is -2.29. The maximum Gasteiger partial charge on any atom is 0.266 e. The molecule has 1 saturated heterocycles. The Morgan fingerprint density at radius 2 is 1.59 bits per heavy atom. The van der Waals surface area contributed by atoms with Gasteiger partial charge in [-0.25, -0.2) is 0 Å². The molecule has 0 unspecified atom stereocenters. The normalized spacial score (nSPS) is 18.0. The number of carbonyl (C=O) groups excluding carboxylic acids is 1. The number of hydrogen-bond donors (Lipinski definition) is 1. The molecule has 3 heterocycles. The van der Waals surface area contributed by atoms with Crippen molar-refractivity contribution in [2.24, 2.45) is 0 Å². The maximum atomic E-state index is 12.9. The van der Waals surface area contributed by atoms with E-state index >= 15 is 0 Å². The van der Waals surface area contributed by atoms with Gasteiger partial charge in [-0.2, -0.15) is 0 Å². The van der Waals surface area contributed by atoms with Gasteiger partial charge in [0, 0.05) is 13.1 Å². The number of thioether (sulfide) groups is 1. The van der Waals surface area contributed by atoms with Crippen molar-refractivity contribution in [1.29, 1.82) is 0 Å². The Morgan fingerprint density at radius 1 is 0.912 bits per heavy atom. The molecular formula is C25H26N2O5S2. The van der Waals surface area contributed by atoms with E-state index in [-0.39, 0.29) is 5.91 Å². The second-order valence-corrected chi connectivity index (χ2v) is 9.77. The number of rotatable bonds is 8. The molecule has 2 aromatic rings. The van der Waals surface area contributed by atoms with E-state index in [4.69, 9.17) is 31.2 Å². The van der Waals surface area contributed by atoms with Crippen molar-refractivity contribution in [3.05, 3.63) is 52.4 Å². The van der Waals surface area contributed by atoms with Crippen LogP contribution < -0.4 is 24.3 Å². The third-order valence-corrected chi connectivity index (χ3v) is 7.04. The number of thiocarbonyl (C=S) groups is 1. The van der Waals surface area contributed by atoms with E-state index in [1.807, 2.05) is 36.4 Å². The number of nitrogens with zero attached hydrogens (tertiary/aromatic N) is 1. The largest absolute Gasteiger partial charge is 0.486 e. The second kappa shape index (κ2) is 10.7. The Balaban J connectivity index is 1.07. The number of fused-ring (bicyclic) bond motifs is 2. The molecule has 0 aliphatic carbocycles. The lowest BCUT2D eigenvalue weighted by molar-refractivity contribution is -0.122. The fourth-order valence-electron chi connectivity index (χ4n) is 3.94. The summed E-state index contributed by atoms with van der Waals surface area (Å²) < 4.78 is 23.0. The highest BCUT2D eigenvalue weighted by Crippen LogP contribution is 2.36. The highest BCUT2D eigenvalue weighted by Gasteiger charge is 2.31. The first kappa shape index (κ1) is 23.0. The second-order valence-electron chi connectivity index (χ2n) is 8.10. The molecule has 7 nitrogen and oxygen atoms in total. The summed E-state index contributed by atoms with van der Waals surface area (Å²) in [7, 11) is 0. The Morgan fingerprint density at radius 3 is 2.35 bits per heavy atom. The molecule has 5 rings (SSSR count). The van der Waals surface area contributed by atoms with Gasteiger partial charge in [0.1, 0.15) is 30.7 Å². The minimum absolute atomic E-state index is 0.0332. The van der Waals surface area contributed by atoms with Crippen LogP contribution >= 0.6 is 24.0 Å². The molecule has 178 valence electrons. The van der Waals surface area contributed by atoms with Crippen LogP contribution in [0.5, 0.6) is 23.0 Å². The van der Waals surface area contributed by atoms with Crippen molar-refractivity contribution in [2.45, 2.75) is 19.4 Å². The minimum Gasteiger partial charge on any atom is -0.486 e. The predicted octanol–water partition coefficient (Wildman–Crippen LogP) is 4.00. The quantitative estimate of drug-likeness (QED) is 0.333.